The van der Waals surface area contributed by atoms with E-state index in [-0.39, 0.29) is 22.7 Å². The molecule has 1 amide bonds. The smallest absolute Gasteiger partial charge is 0.220 e. The Bertz CT molecular complexity index is 636. The van der Waals surface area contributed by atoms with Gasteiger partial charge in [-0.15, -0.1) is 11.6 Å². The number of hydrogen-bond donors (Lipinski definition) is 2. The molecule has 0 radical (unpaired) electrons. The molecule has 0 unspecified atom stereocenters. The number of benzene rings is 1. The fourth-order valence-corrected chi connectivity index (χ4v) is 6.60. The highest BCUT2D eigenvalue weighted by atomic mass is 35.5. The largest absolute Gasteiger partial charge is 0.389 e. The van der Waals surface area contributed by atoms with Crippen molar-refractivity contribution in [2.75, 3.05) is 0 Å². The van der Waals surface area contributed by atoms with Crippen LogP contribution in [0.4, 0.5) is 0 Å². The summed E-state index contributed by atoms with van der Waals surface area (Å²) in [4.78, 5) is 12.0. The van der Waals surface area contributed by atoms with Gasteiger partial charge in [0.25, 0.3) is 0 Å². The van der Waals surface area contributed by atoms with Gasteiger partial charge in [0.2, 0.25) is 5.91 Å². The second kappa shape index (κ2) is 5.74. The van der Waals surface area contributed by atoms with Crippen LogP contribution in [0.1, 0.15) is 57.1 Å². The van der Waals surface area contributed by atoms with Crippen LogP contribution in [0.15, 0.2) is 30.3 Å². The van der Waals surface area contributed by atoms with Crippen LogP contribution in [0, 0.1) is 17.8 Å². The van der Waals surface area contributed by atoms with Crippen LogP contribution < -0.4 is 5.32 Å². The van der Waals surface area contributed by atoms with Gasteiger partial charge in [0, 0.05) is 17.2 Å². The molecule has 0 aromatic heterocycles. The topological polar surface area (TPSA) is 49.3 Å². The Morgan fingerprint density at radius 1 is 1.33 bits per heavy atom. The molecule has 1 aromatic carbocycles. The SMILES string of the molecule is CCC(=O)N[C@@H](c1ccccc1)[C@H]1[C@H]2C[C@@H]3C[C@](Cl)(C2)C[C@@]1(O)C3. The molecule has 24 heavy (non-hydrogen) atoms. The van der Waals surface area contributed by atoms with Crippen LogP contribution in [0.2, 0.25) is 0 Å². The van der Waals surface area contributed by atoms with Gasteiger partial charge in [0.05, 0.1) is 11.6 Å². The molecule has 4 heteroatoms. The molecule has 0 heterocycles. The number of hydrogen-bond acceptors (Lipinski definition) is 2. The lowest BCUT2D eigenvalue weighted by molar-refractivity contribution is -0.175. The van der Waals surface area contributed by atoms with Crippen molar-refractivity contribution in [3.63, 3.8) is 0 Å². The summed E-state index contributed by atoms with van der Waals surface area (Å²) in [5, 5.41) is 14.7. The van der Waals surface area contributed by atoms with Gasteiger partial charge in [0.1, 0.15) is 0 Å². The molecule has 4 saturated carbocycles. The van der Waals surface area contributed by atoms with E-state index >= 15 is 0 Å². The standard InChI is InChI=1S/C20H26ClNO2/c1-2-16(23)22-18(14-6-4-3-5-7-14)17-15-8-13-9-19(21,11-15)12-20(17,24)10-13/h3-7,13,15,17-18,24H,2,8-12H2,1H3,(H,22,23)/t13-,15+,17-,18+,19+,20+/m1/s1. The highest BCUT2D eigenvalue weighted by molar-refractivity contribution is 6.24. The minimum atomic E-state index is -0.757. The zero-order valence-corrected chi connectivity index (χ0v) is 14.9. The molecule has 3 nitrogen and oxygen atoms in total. The summed E-state index contributed by atoms with van der Waals surface area (Å²) in [6.45, 7) is 1.87. The van der Waals surface area contributed by atoms with Crippen molar-refractivity contribution < 1.29 is 9.90 Å². The number of carbonyl (C=O) groups excluding carboxylic acids is 1. The summed E-state index contributed by atoms with van der Waals surface area (Å²) >= 11 is 6.82. The fourth-order valence-electron chi connectivity index (χ4n) is 5.95. The van der Waals surface area contributed by atoms with E-state index in [0.29, 0.717) is 24.7 Å². The van der Waals surface area contributed by atoms with Gasteiger partial charge in [-0.1, -0.05) is 37.3 Å². The number of aliphatic hydroxyl groups is 1. The zero-order chi connectivity index (χ0) is 16.9. The number of rotatable bonds is 4. The third kappa shape index (κ3) is 2.66. The first-order valence-electron chi connectivity index (χ1n) is 9.18. The van der Waals surface area contributed by atoms with E-state index in [1.54, 1.807) is 0 Å². The molecular formula is C20H26ClNO2. The average molecular weight is 348 g/mol. The van der Waals surface area contributed by atoms with Crippen LogP contribution in [-0.4, -0.2) is 21.5 Å². The molecular weight excluding hydrogens is 322 g/mol. The highest BCUT2D eigenvalue weighted by Crippen LogP contribution is 2.64. The van der Waals surface area contributed by atoms with Crippen molar-refractivity contribution in [1.29, 1.82) is 0 Å². The Hall–Kier alpha value is -1.06. The molecule has 4 aliphatic rings. The molecule has 4 fully saturated rings. The molecule has 5 rings (SSSR count). The maximum Gasteiger partial charge on any atom is 0.220 e. The van der Waals surface area contributed by atoms with E-state index < -0.39 is 5.60 Å². The molecule has 0 saturated heterocycles. The predicted molar refractivity (Wildman–Crippen MR) is 94.7 cm³/mol. The fraction of sp³-hybridized carbons (Fsp3) is 0.650. The van der Waals surface area contributed by atoms with Gasteiger partial charge >= 0.3 is 0 Å². The molecule has 4 bridgehead atoms. The van der Waals surface area contributed by atoms with Gasteiger partial charge in [-0.25, -0.2) is 0 Å². The van der Waals surface area contributed by atoms with Gasteiger partial charge in [-0.3, -0.25) is 4.79 Å². The van der Waals surface area contributed by atoms with Crippen LogP contribution in [-0.2, 0) is 4.79 Å². The van der Waals surface area contributed by atoms with Crippen molar-refractivity contribution >= 4 is 17.5 Å². The van der Waals surface area contributed by atoms with Crippen molar-refractivity contribution in [3.8, 4) is 0 Å². The lowest BCUT2D eigenvalue weighted by Gasteiger charge is -2.63. The average Bonchev–Trinajstić information content (AvgIpc) is 2.51. The summed E-state index contributed by atoms with van der Waals surface area (Å²) in [6, 6.07) is 9.99. The molecule has 6 atom stereocenters. The van der Waals surface area contributed by atoms with Crippen LogP contribution in [0.3, 0.4) is 0 Å². The maximum atomic E-state index is 12.2. The minimum Gasteiger partial charge on any atom is -0.389 e. The summed E-state index contributed by atoms with van der Waals surface area (Å²) in [5.41, 5.74) is 0.335. The highest BCUT2D eigenvalue weighted by Gasteiger charge is 2.63. The van der Waals surface area contributed by atoms with E-state index in [9.17, 15) is 9.90 Å². The van der Waals surface area contributed by atoms with E-state index in [1.165, 1.54) is 0 Å². The van der Waals surface area contributed by atoms with E-state index in [2.05, 4.69) is 17.4 Å². The summed E-state index contributed by atoms with van der Waals surface area (Å²) in [6.07, 6.45) is 5.08. The second-order valence-electron chi connectivity index (χ2n) is 8.24. The number of nitrogens with one attached hydrogen (secondary N) is 1. The minimum absolute atomic E-state index is 0.0434. The zero-order valence-electron chi connectivity index (χ0n) is 14.2. The predicted octanol–water partition coefficient (Wildman–Crippen LogP) is 3.80. The molecule has 1 aromatic rings. The first-order chi connectivity index (χ1) is 11.4. The van der Waals surface area contributed by atoms with Crippen molar-refractivity contribution in [2.24, 2.45) is 17.8 Å². The van der Waals surface area contributed by atoms with E-state index in [1.807, 2.05) is 25.1 Å². The molecule has 4 aliphatic carbocycles. The number of carbonyl (C=O) groups is 1. The maximum absolute atomic E-state index is 12.2. The molecule has 0 spiro atoms. The normalized spacial score (nSPS) is 41.2. The van der Waals surface area contributed by atoms with Gasteiger partial charge < -0.3 is 10.4 Å². The van der Waals surface area contributed by atoms with Crippen molar-refractivity contribution in [2.45, 2.75) is 62.0 Å². The Morgan fingerprint density at radius 2 is 2.08 bits per heavy atom. The van der Waals surface area contributed by atoms with Crippen LogP contribution in [0.25, 0.3) is 0 Å². The summed E-state index contributed by atoms with van der Waals surface area (Å²) < 4.78 is 0. The summed E-state index contributed by atoms with van der Waals surface area (Å²) in [7, 11) is 0. The molecule has 130 valence electrons. The Kier molecular flexibility index (Phi) is 3.92. The van der Waals surface area contributed by atoms with Crippen molar-refractivity contribution in [1.82, 2.24) is 5.32 Å². The lowest BCUT2D eigenvalue weighted by atomic mass is 9.47. The number of alkyl halides is 1. The third-order valence-electron chi connectivity index (χ3n) is 6.47. The van der Waals surface area contributed by atoms with Gasteiger partial charge in [-0.05, 0) is 49.5 Å². The second-order valence-corrected chi connectivity index (χ2v) is 9.04. The first kappa shape index (κ1) is 16.4. The monoisotopic (exact) mass is 347 g/mol. The third-order valence-corrected chi connectivity index (χ3v) is 6.91. The van der Waals surface area contributed by atoms with Gasteiger partial charge in [-0.2, -0.15) is 0 Å². The Balaban J connectivity index is 1.71. The lowest BCUT2D eigenvalue weighted by Crippen LogP contribution is -2.64. The van der Waals surface area contributed by atoms with E-state index in [0.717, 1.165) is 31.2 Å². The number of halogens is 1. The van der Waals surface area contributed by atoms with E-state index in [4.69, 9.17) is 11.6 Å². The quantitative estimate of drug-likeness (QED) is 0.814. The number of amides is 1. The van der Waals surface area contributed by atoms with Crippen LogP contribution in [0.5, 0.6) is 0 Å². The van der Waals surface area contributed by atoms with Crippen LogP contribution >= 0.6 is 11.6 Å². The molecule has 0 aliphatic heterocycles. The Morgan fingerprint density at radius 3 is 2.71 bits per heavy atom. The molecule has 2 N–H and O–H groups in total. The van der Waals surface area contributed by atoms with Crippen molar-refractivity contribution in [3.05, 3.63) is 35.9 Å². The first-order valence-corrected chi connectivity index (χ1v) is 9.56. The van der Waals surface area contributed by atoms with Gasteiger partial charge in [0.15, 0.2) is 0 Å². The Labute approximate surface area is 148 Å². The summed E-state index contributed by atoms with van der Waals surface area (Å²) in [5.74, 6) is 1.02.